The second kappa shape index (κ2) is 8.98. The van der Waals surface area contributed by atoms with Crippen molar-refractivity contribution in [2.45, 2.75) is 24.2 Å². The molecule has 0 aliphatic carbocycles. The third-order valence-corrected chi connectivity index (χ3v) is 3.86. The highest BCUT2D eigenvalue weighted by Gasteiger charge is 2.03. The lowest BCUT2D eigenvalue weighted by Gasteiger charge is -2.04. The third-order valence-electron chi connectivity index (χ3n) is 2.32. The molecular formula is C13H16BrNO3S. The number of aliphatic carboxylic acids is 1. The van der Waals surface area contributed by atoms with Gasteiger partial charge in [-0.25, -0.2) is 0 Å². The van der Waals surface area contributed by atoms with Gasteiger partial charge in [0.2, 0.25) is 5.91 Å². The van der Waals surface area contributed by atoms with Crippen molar-refractivity contribution in [2.75, 3.05) is 12.3 Å². The maximum atomic E-state index is 11.5. The Morgan fingerprint density at radius 2 is 1.89 bits per heavy atom. The predicted octanol–water partition coefficient (Wildman–Crippen LogP) is 2.91. The molecule has 0 aromatic heterocycles. The minimum atomic E-state index is -0.794. The number of hydrogen-bond donors (Lipinski definition) is 2. The minimum Gasteiger partial charge on any atom is -0.481 e. The fourth-order valence-corrected chi connectivity index (χ4v) is 2.35. The Kier molecular flexibility index (Phi) is 7.59. The molecule has 0 spiro atoms. The fraction of sp³-hybridized carbons (Fsp3) is 0.385. The molecule has 104 valence electrons. The molecule has 2 N–H and O–H groups in total. The molecule has 0 atom stereocenters. The zero-order valence-electron chi connectivity index (χ0n) is 10.4. The number of nitrogens with one attached hydrogen (secondary N) is 1. The van der Waals surface area contributed by atoms with Gasteiger partial charge in [-0.1, -0.05) is 15.9 Å². The predicted molar refractivity (Wildman–Crippen MR) is 79.4 cm³/mol. The quantitative estimate of drug-likeness (QED) is 0.561. The molecule has 1 aromatic carbocycles. The van der Waals surface area contributed by atoms with Gasteiger partial charge in [0.1, 0.15) is 0 Å². The van der Waals surface area contributed by atoms with Crippen LogP contribution in [0.4, 0.5) is 0 Å². The van der Waals surface area contributed by atoms with Crippen molar-refractivity contribution in [1.29, 1.82) is 0 Å². The number of carbonyl (C=O) groups is 2. The molecule has 0 saturated carbocycles. The topological polar surface area (TPSA) is 66.4 Å². The number of benzene rings is 1. The number of halogens is 1. The van der Waals surface area contributed by atoms with E-state index < -0.39 is 5.97 Å². The van der Waals surface area contributed by atoms with Crippen LogP contribution in [0.3, 0.4) is 0 Å². The summed E-state index contributed by atoms with van der Waals surface area (Å²) in [6.45, 7) is 0.535. The van der Waals surface area contributed by atoms with Crippen LogP contribution in [-0.2, 0) is 9.59 Å². The number of carboxylic acids is 1. The van der Waals surface area contributed by atoms with Gasteiger partial charge in [0, 0.05) is 22.3 Å². The highest BCUT2D eigenvalue weighted by molar-refractivity contribution is 9.10. The van der Waals surface area contributed by atoms with E-state index in [1.54, 1.807) is 0 Å². The van der Waals surface area contributed by atoms with Gasteiger partial charge in [-0.3, -0.25) is 9.59 Å². The first-order chi connectivity index (χ1) is 9.08. The van der Waals surface area contributed by atoms with E-state index in [0.29, 0.717) is 25.1 Å². The number of rotatable bonds is 8. The van der Waals surface area contributed by atoms with Crippen LogP contribution in [0.2, 0.25) is 0 Å². The molecule has 1 aromatic rings. The van der Waals surface area contributed by atoms with Crippen molar-refractivity contribution in [2.24, 2.45) is 0 Å². The van der Waals surface area contributed by atoms with Gasteiger partial charge in [-0.2, -0.15) is 0 Å². The summed E-state index contributed by atoms with van der Waals surface area (Å²) in [5.74, 6) is -0.444. The van der Waals surface area contributed by atoms with E-state index >= 15 is 0 Å². The van der Waals surface area contributed by atoms with Crippen LogP contribution in [0.1, 0.15) is 19.3 Å². The van der Waals surface area contributed by atoms with E-state index in [-0.39, 0.29) is 12.3 Å². The largest absolute Gasteiger partial charge is 0.481 e. The molecule has 0 heterocycles. The SMILES string of the molecule is O=C(O)CCCCNC(=O)CSc1ccc(Br)cc1. The van der Waals surface area contributed by atoms with Crippen LogP contribution >= 0.6 is 27.7 Å². The van der Waals surface area contributed by atoms with Crippen molar-refractivity contribution in [3.05, 3.63) is 28.7 Å². The van der Waals surface area contributed by atoms with Crippen LogP contribution in [0.5, 0.6) is 0 Å². The van der Waals surface area contributed by atoms with Crippen molar-refractivity contribution >= 4 is 39.6 Å². The maximum Gasteiger partial charge on any atom is 0.303 e. The standard InChI is InChI=1S/C13H16BrNO3S/c14-10-4-6-11(7-5-10)19-9-12(16)15-8-2-1-3-13(17)18/h4-7H,1-3,8-9H2,(H,15,16)(H,17,18). The number of carbonyl (C=O) groups excluding carboxylic acids is 1. The molecule has 0 saturated heterocycles. The van der Waals surface area contributed by atoms with Crippen molar-refractivity contribution in [3.63, 3.8) is 0 Å². The van der Waals surface area contributed by atoms with Gasteiger partial charge in [0.25, 0.3) is 0 Å². The number of unbranched alkanes of at least 4 members (excludes halogenated alkanes) is 1. The van der Waals surface area contributed by atoms with Gasteiger partial charge in [-0.05, 0) is 37.1 Å². The van der Waals surface area contributed by atoms with E-state index in [1.807, 2.05) is 24.3 Å². The Morgan fingerprint density at radius 3 is 2.53 bits per heavy atom. The molecule has 6 heteroatoms. The molecule has 4 nitrogen and oxygen atoms in total. The number of carboxylic acid groups (broad SMARTS) is 1. The molecule has 0 unspecified atom stereocenters. The Morgan fingerprint density at radius 1 is 1.21 bits per heavy atom. The van der Waals surface area contributed by atoms with Crippen LogP contribution < -0.4 is 5.32 Å². The first kappa shape index (κ1) is 16.0. The summed E-state index contributed by atoms with van der Waals surface area (Å²) in [7, 11) is 0. The zero-order chi connectivity index (χ0) is 14.1. The summed E-state index contributed by atoms with van der Waals surface area (Å²) in [5, 5.41) is 11.2. The minimum absolute atomic E-state index is 0.0248. The Labute approximate surface area is 125 Å². The second-order valence-corrected chi connectivity index (χ2v) is 5.91. The highest BCUT2D eigenvalue weighted by atomic mass is 79.9. The molecule has 0 aliphatic rings. The van der Waals surface area contributed by atoms with E-state index in [0.717, 1.165) is 9.37 Å². The average molecular weight is 346 g/mol. The van der Waals surface area contributed by atoms with Gasteiger partial charge >= 0.3 is 5.97 Å². The number of hydrogen-bond acceptors (Lipinski definition) is 3. The summed E-state index contributed by atoms with van der Waals surface area (Å²) in [4.78, 5) is 22.9. The van der Waals surface area contributed by atoms with Gasteiger partial charge in [0.15, 0.2) is 0 Å². The van der Waals surface area contributed by atoms with Gasteiger partial charge < -0.3 is 10.4 Å². The molecular weight excluding hydrogens is 330 g/mol. The number of amides is 1. The summed E-state index contributed by atoms with van der Waals surface area (Å²) >= 11 is 4.83. The van der Waals surface area contributed by atoms with E-state index in [1.165, 1.54) is 11.8 Å². The molecule has 0 radical (unpaired) electrons. The summed E-state index contributed by atoms with van der Waals surface area (Å²) in [6, 6.07) is 7.78. The van der Waals surface area contributed by atoms with Gasteiger partial charge in [0.05, 0.1) is 5.75 Å². The molecule has 0 fully saturated rings. The van der Waals surface area contributed by atoms with Crippen LogP contribution in [0.15, 0.2) is 33.6 Å². The molecule has 0 aliphatic heterocycles. The Balaban J connectivity index is 2.11. The molecule has 0 bridgehead atoms. The van der Waals surface area contributed by atoms with Crippen LogP contribution in [0, 0.1) is 0 Å². The zero-order valence-corrected chi connectivity index (χ0v) is 12.8. The fourth-order valence-electron chi connectivity index (χ4n) is 1.36. The van der Waals surface area contributed by atoms with E-state index in [9.17, 15) is 9.59 Å². The first-order valence-electron chi connectivity index (χ1n) is 5.95. The molecule has 1 amide bonds. The van der Waals surface area contributed by atoms with Gasteiger partial charge in [-0.15, -0.1) is 11.8 Å². The van der Waals surface area contributed by atoms with E-state index in [2.05, 4.69) is 21.2 Å². The summed E-state index contributed by atoms with van der Waals surface area (Å²) < 4.78 is 1.01. The average Bonchev–Trinajstić information content (AvgIpc) is 2.37. The summed E-state index contributed by atoms with van der Waals surface area (Å²) in [6.07, 6.45) is 1.44. The molecule has 19 heavy (non-hydrogen) atoms. The van der Waals surface area contributed by atoms with Crippen molar-refractivity contribution in [3.8, 4) is 0 Å². The monoisotopic (exact) mass is 345 g/mol. The Hall–Kier alpha value is -1.01. The van der Waals surface area contributed by atoms with Crippen LogP contribution in [-0.4, -0.2) is 29.3 Å². The number of thioether (sulfide) groups is 1. The normalized spacial score (nSPS) is 10.2. The summed E-state index contributed by atoms with van der Waals surface area (Å²) in [5.41, 5.74) is 0. The first-order valence-corrected chi connectivity index (χ1v) is 7.72. The second-order valence-electron chi connectivity index (χ2n) is 3.94. The lowest BCUT2D eigenvalue weighted by Crippen LogP contribution is -2.26. The highest BCUT2D eigenvalue weighted by Crippen LogP contribution is 2.20. The maximum absolute atomic E-state index is 11.5. The lowest BCUT2D eigenvalue weighted by atomic mass is 10.2. The lowest BCUT2D eigenvalue weighted by molar-refractivity contribution is -0.137. The van der Waals surface area contributed by atoms with E-state index in [4.69, 9.17) is 5.11 Å². The van der Waals surface area contributed by atoms with Crippen molar-refractivity contribution in [1.82, 2.24) is 5.32 Å². The van der Waals surface area contributed by atoms with Crippen LogP contribution in [0.25, 0.3) is 0 Å². The third kappa shape index (κ3) is 7.89. The van der Waals surface area contributed by atoms with Crippen molar-refractivity contribution < 1.29 is 14.7 Å². The molecule has 1 rings (SSSR count). The smallest absolute Gasteiger partial charge is 0.303 e. The Bertz CT molecular complexity index is 422.